The van der Waals surface area contributed by atoms with Crippen LogP contribution in [-0.4, -0.2) is 14.8 Å². The van der Waals surface area contributed by atoms with Crippen LogP contribution < -0.4 is 0 Å². The molecule has 0 aliphatic heterocycles. The normalized spacial score (nSPS) is 10.2. The Bertz CT molecular complexity index is 595. The topological polar surface area (TPSA) is 54.5 Å². The van der Waals surface area contributed by atoms with Gasteiger partial charge >= 0.3 is 0 Å². The Labute approximate surface area is 104 Å². The van der Waals surface area contributed by atoms with Gasteiger partial charge in [0.1, 0.15) is 11.8 Å². The maximum Gasteiger partial charge on any atom is 0.145 e. The van der Waals surface area contributed by atoms with E-state index in [0.717, 1.165) is 17.0 Å². The summed E-state index contributed by atoms with van der Waals surface area (Å²) in [6, 6.07) is 5.75. The molecule has 0 fully saturated rings. The smallest absolute Gasteiger partial charge is 0.145 e. The minimum atomic E-state index is 0.427. The van der Waals surface area contributed by atoms with Gasteiger partial charge in [-0.2, -0.15) is 10.4 Å². The lowest BCUT2D eigenvalue weighted by atomic mass is 10.2. The number of nitriles is 1. The van der Waals surface area contributed by atoms with Gasteiger partial charge in [-0.15, -0.1) is 0 Å². The lowest BCUT2D eigenvalue weighted by molar-refractivity contribution is 0.656. The molecule has 0 N–H and O–H groups in total. The molecule has 2 rings (SSSR count). The van der Waals surface area contributed by atoms with E-state index in [4.69, 9.17) is 16.9 Å². The van der Waals surface area contributed by atoms with Crippen molar-refractivity contribution in [3.05, 3.63) is 46.0 Å². The third-order valence-electron chi connectivity index (χ3n) is 2.61. The summed E-state index contributed by atoms with van der Waals surface area (Å²) in [5.74, 6) is 0. The molecule has 2 aromatic heterocycles. The summed E-state index contributed by atoms with van der Waals surface area (Å²) < 4.78 is 1.79. The summed E-state index contributed by atoms with van der Waals surface area (Å²) in [6.45, 7) is 4.28. The van der Waals surface area contributed by atoms with Crippen molar-refractivity contribution in [2.45, 2.75) is 20.4 Å². The molecule has 0 amide bonds. The zero-order chi connectivity index (χ0) is 12.4. The first kappa shape index (κ1) is 11.6. The van der Waals surface area contributed by atoms with E-state index in [2.05, 4.69) is 16.2 Å². The second kappa shape index (κ2) is 4.56. The highest BCUT2D eigenvalue weighted by Gasteiger charge is 2.11. The van der Waals surface area contributed by atoms with Crippen molar-refractivity contribution < 1.29 is 0 Å². The van der Waals surface area contributed by atoms with Crippen LogP contribution in [0.25, 0.3) is 0 Å². The van der Waals surface area contributed by atoms with Crippen LogP contribution in [0.4, 0.5) is 0 Å². The minimum absolute atomic E-state index is 0.427. The number of nitrogens with zero attached hydrogens (tertiary/aromatic N) is 4. The third kappa shape index (κ3) is 2.15. The van der Waals surface area contributed by atoms with Gasteiger partial charge in [-0.3, -0.25) is 4.68 Å². The molecule has 4 nitrogen and oxygen atoms in total. The van der Waals surface area contributed by atoms with Crippen molar-refractivity contribution in [3.63, 3.8) is 0 Å². The molecule has 2 heterocycles. The quantitative estimate of drug-likeness (QED) is 0.818. The third-order valence-corrected chi connectivity index (χ3v) is 3.16. The van der Waals surface area contributed by atoms with Crippen molar-refractivity contribution >= 4 is 11.6 Å². The van der Waals surface area contributed by atoms with Gasteiger partial charge in [0.15, 0.2) is 0 Å². The summed E-state index contributed by atoms with van der Waals surface area (Å²) >= 11 is 6.07. The molecule has 0 bridgehead atoms. The Morgan fingerprint density at radius 1 is 1.47 bits per heavy atom. The lowest BCUT2D eigenvalue weighted by Crippen LogP contribution is -2.06. The zero-order valence-electron chi connectivity index (χ0n) is 9.61. The maximum atomic E-state index is 8.96. The van der Waals surface area contributed by atoms with Gasteiger partial charge < -0.3 is 0 Å². The van der Waals surface area contributed by atoms with Gasteiger partial charge in [-0.05, 0) is 19.9 Å². The Hall–Kier alpha value is -1.86. The van der Waals surface area contributed by atoms with Gasteiger partial charge in [0.05, 0.1) is 23.0 Å². The standard InChI is InChI=1S/C12H11ClN4/c1-8-12(13)9(2)17(16-8)7-10-4-3-5-15-11(10)6-14/h3-5H,7H2,1-2H3. The molecule has 0 radical (unpaired) electrons. The average molecular weight is 247 g/mol. The average Bonchev–Trinajstić information content (AvgIpc) is 2.58. The molecule has 0 aromatic carbocycles. The number of rotatable bonds is 2. The molecule has 0 aliphatic carbocycles. The van der Waals surface area contributed by atoms with E-state index >= 15 is 0 Å². The van der Waals surface area contributed by atoms with E-state index in [1.54, 1.807) is 10.9 Å². The van der Waals surface area contributed by atoms with Gasteiger partial charge in [0.25, 0.3) is 0 Å². The van der Waals surface area contributed by atoms with Gasteiger partial charge in [-0.1, -0.05) is 17.7 Å². The first-order chi connectivity index (χ1) is 8.13. The Kier molecular flexibility index (Phi) is 3.12. The first-order valence-electron chi connectivity index (χ1n) is 5.17. The van der Waals surface area contributed by atoms with Crippen LogP contribution in [0, 0.1) is 25.2 Å². The van der Waals surface area contributed by atoms with Crippen LogP contribution in [0.15, 0.2) is 18.3 Å². The maximum absolute atomic E-state index is 8.96. The number of halogens is 1. The molecule has 0 aliphatic rings. The van der Waals surface area contributed by atoms with Crippen LogP contribution in [0.3, 0.4) is 0 Å². The fraction of sp³-hybridized carbons (Fsp3) is 0.250. The highest BCUT2D eigenvalue weighted by atomic mass is 35.5. The predicted octanol–water partition coefficient (Wildman–Crippen LogP) is 2.47. The number of aryl methyl sites for hydroxylation is 1. The summed E-state index contributed by atoms with van der Waals surface area (Å²) in [5, 5.41) is 14.0. The van der Waals surface area contributed by atoms with Crippen molar-refractivity contribution in [2.75, 3.05) is 0 Å². The molecule has 0 unspecified atom stereocenters. The van der Waals surface area contributed by atoms with Crippen molar-refractivity contribution in [1.82, 2.24) is 14.8 Å². The Balaban J connectivity index is 2.39. The van der Waals surface area contributed by atoms with Crippen molar-refractivity contribution in [2.24, 2.45) is 0 Å². The summed E-state index contributed by atoms with van der Waals surface area (Å²) in [4.78, 5) is 4.02. The zero-order valence-corrected chi connectivity index (χ0v) is 10.4. The molecule has 2 aromatic rings. The van der Waals surface area contributed by atoms with E-state index in [1.807, 2.05) is 26.0 Å². The van der Waals surface area contributed by atoms with E-state index in [0.29, 0.717) is 17.3 Å². The molecule has 0 saturated carbocycles. The Morgan fingerprint density at radius 3 is 2.82 bits per heavy atom. The summed E-state index contributed by atoms with van der Waals surface area (Å²) in [5.41, 5.74) is 2.97. The molecular formula is C12H11ClN4. The molecule has 0 spiro atoms. The van der Waals surface area contributed by atoms with Crippen LogP contribution in [0.5, 0.6) is 0 Å². The van der Waals surface area contributed by atoms with Gasteiger partial charge in [0, 0.05) is 11.8 Å². The second-order valence-electron chi connectivity index (χ2n) is 3.77. The fourth-order valence-corrected chi connectivity index (χ4v) is 1.79. The van der Waals surface area contributed by atoms with Gasteiger partial charge in [0.2, 0.25) is 0 Å². The molecule has 17 heavy (non-hydrogen) atoms. The monoisotopic (exact) mass is 246 g/mol. The van der Waals surface area contributed by atoms with Crippen LogP contribution in [0.2, 0.25) is 5.02 Å². The molecule has 0 saturated heterocycles. The highest BCUT2D eigenvalue weighted by molar-refractivity contribution is 6.31. The van der Waals surface area contributed by atoms with E-state index in [-0.39, 0.29) is 0 Å². The summed E-state index contributed by atoms with van der Waals surface area (Å²) in [7, 11) is 0. The van der Waals surface area contributed by atoms with Crippen LogP contribution in [-0.2, 0) is 6.54 Å². The van der Waals surface area contributed by atoms with Crippen LogP contribution >= 0.6 is 11.6 Å². The van der Waals surface area contributed by atoms with E-state index in [1.165, 1.54) is 0 Å². The lowest BCUT2D eigenvalue weighted by Gasteiger charge is -2.05. The van der Waals surface area contributed by atoms with E-state index in [9.17, 15) is 0 Å². The minimum Gasteiger partial charge on any atom is -0.264 e. The number of hydrogen-bond acceptors (Lipinski definition) is 3. The van der Waals surface area contributed by atoms with Crippen molar-refractivity contribution in [1.29, 1.82) is 5.26 Å². The van der Waals surface area contributed by atoms with Crippen LogP contribution in [0.1, 0.15) is 22.6 Å². The molecule has 86 valence electrons. The van der Waals surface area contributed by atoms with E-state index < -0.39 is 0 Å². The highest BCUT2D eigenvalue weighted by Crippen LogP contribution is 2.20. The fourth-order valence-electron chi connectivity index (χ4n) is 1.66. The molecule has 0 atom stereocenters. The predicted molar refractivity (Wildman–Crippen MR) is 64.8 cm³/mol. The SMILES string of the molecule is Cc1nn(Cc2cccnc2C#N)c(C)c1Cl. The molecular weight excluding hydrogens is 236 g/mol. The summed E-state index contributed by atoms with van der Waals surface area (Å²) in [6.07, 6.45) is 1.61. The number of aromatic nitrogens is 3. The number of pyridine rings is 1. The number of hydrogen-bond donors (Lipinski definition) is 0. The first-order valence-corrected chi connectivity index (χ1v) is 5.54. The largest absolute Gasteiger partial charge is 0.264 e. The molecule has 5 heteroatoms. The van der Waals surface area contributed by atoms with Gasteiger partial charge in [-0.25, -0.2) is 4.98 Å². The Morgan fingerprint density at radius 2 is 2.24 bits per heavy atom. The second-order valence-corrected chi connectivity index (χ2v) is 4.14. The van der Waals surface area contributed by atoms with Crippen molar-refractivity contribution in [3.8, 4) is 6.07 Å².